The van der Waals surface area contributed by atoms with Gasteiger partial charge in [-0.05, 0) is 55.3 Å². The Kier molecular flexibility index (Phi) is 5.69. The first-order chi connectivity index (χ1) is 13.0. The normalized spacial score (nSPS) is 16.7. The first-order valence-electron chi connectivity index (χ1n) is 8.67. The third kappa shape index (κ3) is 4.42. The van der Waals surface area contributed by atoms with Gasteiger partial charge < -0.3 is 15.0 Å². The molecule has 1 heterocycles. The number of piperidine rings is 1. The SMILES string of the molecule is COc1ccc(F)cc1C(=O)[C@H]1CCCN(C(=O)Nc2ccc(F)cc2)C1. The van der Waals surface area contributed by atoms with E-state index in [1.165, 1.54) is 49.6 Å². The van der Waals surface area contributed by atoms with Crippen molar-refractivity contribution in [1.82, 2.24) is 4.90 Å². The van der Waals surface area contributed by atoms with Crippen LogP contribution in [0.15, 0.2) is 42.5 Å². The molecule has 3 rings (SSSR count). The van der Waals surface area contributed by atoms with Gasteiger partial charge in [0.15, 0.2) is 5.78 Å². The van der Waals surface area contributed by atoms with Crippen molar-refractivity contribution in [1.29, 1.82) is 0 Å². The van der Waals surface area contributed by atoms with E-state index in [9.17, 15) is 18.4 Å². The second-order valence-corrected chi connectivity index (χ2v) is 6.43. The fourth-order valence-electron chi connectivity index (χ4n) is 3.20. The quantitative estimate of drug-likeness (QED) is 0.820. The molecular formula is C20H20F2N2O3. The van der Waals surface area contributed by atoms with Crippen molar-refractivity contribution in [3.05, 3.63) is 59.7 Å². The van der Waals surface area contributed by atoms with Crippen molar-refractivity contribution in [2.75, 3.05) is 25.5 Å². The number of methoxy groups -OCH3 is 1. The van der Waals surface area contributed by atoms with Gasteiger partial charge in [0.05, 0.1) is 12.7 Å². The van der Waals surface area contributed by atoms with Crippen molar-refractivity contribution >= 4 is 17.5 Å². The average Bonchev–Trinajstić information content (AvgIpc) is 2.69. The molecule has 2 amide bonds. The fourth-order valence-corrected chi connectivity index (χ4v) is 3.20. The van der Waals surface area contributed by atoms with Gasteiger partial charge >= 0.3 is 6.03 Å². The average molecular weight is 374 g/mol. The molecule has 0 aliphatic carbocycles. The lowest BCUT2D eigenvalue weighted by Crippen LogP contribution is -2.44. The minimum absolute atomic E-state index is 0.184. The van der Waals surface area contributed by atoms with Crippen molar-refractivity contribution in [3.63, 3.8) is 0 Å². The molecule has 7 heteroatoms. The van der Waals surface area contributed by atoms with Gasteiger partial charge in [-0.1, -0.05) is 0 Å². The van der Waals surface area contributed by atoms with Gasteiger partial charge in [0, 0.05) is 24.7 Å². The van der Waals surface area contributed by atoms with E-state index in [0.717, 1.165) is 0 Å². The summed E-state index contributed by atoms with van der Waals surface area (Å²) in [5.41, 5.74) is 0.657. The minimum atomic E-state index is -0.513. The van der Waals surface area contributed by atoms with Crippen molar-refractivity contribution in [2.45, 2.75) is 12.8 Å². The molecule has 27 heavy (non-hydrogen) atoms. The Labute approximate surface area is 155 Å². The lowest BCUT2D eigenvalue weighted by Gasteiger charge is -2.32. The van der Waals surface area contributed by atoms with Gasteiger partial charge in [-0.15, -0.1) is 0 Å². The number of nitrogens with one attached hydrogen (secondary N) is 1. The number of ether oxygens (including phenoxy) is 1. The number of hydrogen-bond acceptors (Lipinski definition) is 3. The topological polar surface area (TPSA) is 58.6 Å². The number of rotatable bonds is 4. The van der Waals surface area contributed by atoms with E-state index in [1.807, 2.05) is 0 Å². The number of hydrogen-bond donors (Lipinski definition) is 1. The van der Waals surface area contributed by atoms with Gasteiger partial charge in [0.2, 0.25) is 0 Å². The number of anilines is 1. The molecule has 1 fully saturated rings. The predicted octanol–water partition coefficient (Wildman–Crippen LogP) is 4.10. The lowest BCUT2D eigenvalue weighted by atomic mass is 9.89. The predicted molar refractivity (Wildman–Crippen MR) is 97.0 cm³/mol. The van der Waals surface area contributed by atoms with E-state index in [0.29, 0.717) is 30.8 Å². The Hall–Kier alpha value is -2.96. The number of nitrogens with zero attached hydrogens (tertiary/aromatic N) is 1. The molecule has 0 saturated carbocycles. The van der Waals surface area contributed by atoms with Gasteiger partial charge in [-0.25, -0.2) is 13.6 Å². The van der Waals surface area contributed by atoms with Gasteiger partial charge in [-0.2, -0.15) is 0 Å². The molecule has 5 nitrogen and oxygen atoms in total. The smallest absolute Gasteiger partial charge is 0.321 e. The molecule has 142 valence electrons. The van der Waals surface area contributed by atoms with Gasteiger partial charge in [0.25, 0.3) is 0 Å². The first kappa shape index (κ1) is 18.8. The second-order valence-electron chi connectivity index (χ2n) is 6.43. The van der Waals surface area contributed by atoms with Crippen LogP contribution in [0.3, 0.4) is 0 Å². The molecular weight excluding hydrogens is 354 g/mol. The minimum Gasteiger partial charge on any atom is -0.496 e. The maximum Gasteiger partial charge on any atom is 0.321 e. The summed E-state index contributed by atoms with van der Waals surface area (Å²) in [6.45, 7) is 0.739. The number of carbonyl (C=O) groups excluding carboxylic acids is 2. The van der Waals surface area contributed by atoms with Crippen molar-refractivity contribution in [2.24, 2.45) is 5.92 Å². The van der Waals surface area contributed by atoms with Crippen LogP contribution in [0.25, 0.3) is 0 Å². The summed E-state index contributed by atoms with van der Waals surface area (Å²) in [4.78, 5) is 26.9. The van der Waals surface area contributed by atoms with E-state index in [4.69, 9.17) is 4.74 Å². The standard InChI is InChI=1S/C20H20F2N2O3/c1-27-18-9-6-15(22)11-17(18)19(25)13-3-2-10-24(12-13)20(26)23-16-7-4-14(21)5-8-16/h4-9,11,13H,2-3,10,12H2,1H3,(H,23,26)/t13-/m0/s1. The van der Waals surface area contributed by atoms with E-state index in [2.05, 4.69) is 5.32 Å². The molecule has 2 aromatic rings. The molecule has 2 aromatic carbocycles. The molecule has 0 bridgehead atoms. The largest absolute Gasteiger partial charge is 0.496 e. The van der Waals surface area contributed by atoms with Crippen LogP contribution in [-0.2, 0) is 0 Å². The molecule has 0 unspecified atom stereocenters. The Balaban J connectivity index is 1.70. The van der Waals surface area contributed by atoms with Gasteiger partial charge in [-0.3, -0.25) is 4.79 Å². The van der Waals surface area contributed by atoms with Crippen LogP contribution in [0.5, 0.6) is 5.75 Å². The zero-order valence-electron chi connectivity index (χ0n) is 14.9. The van der Waals surface area contributed by atoms with Crippen LogP contribution in [-0.4, -0.2) is 36.9 Å². The number of urea groups is 1. The number of ketones is 1. The molecule has 1 atom stereocenters. The van der Waals surface area contributed by atoms with Crippen LogP contribution >= 0.6 is 0 Å². The molecule has 1 aliphatic rings. The zero-order chi connectivity index (χ0) is 19.4. The van der Waals surface area contributed by atoms with E-state index < -0.39 is 11.7 Å². The maximum absolute atomic E-state index is 13.6. The third-order valence-corrected chi connectivity index (χ3v) is 4.60. The lowest BCUT2D eigenvalue weighted by molar-refractivity contribution is 0.0848. The van der Waals surface area contributed by atoms with Crippen LogP contribution in [0.2, 0.25) is 0 Å². The summed E-state index contributed by atoms with van der Waals surface area (Å²) >= 11 is 0. The third-order valence-electron chi connectivity index (χ3n) is 4.60. The van der Waals surface area contributed by atoms with Crippen LogP contribution < -0.4 is 10.1 Å². The highest BCUT2D eigenvalue weighted by molar-refractivity contribution is 6.01. The van der Waals surface area contributed by atoms with Crippen molar-refractivity contribution < 1.29 is 23.1 Å². The number of amides is 2. The summed E-state index contributed by atoms with van der Waals surface area (Å²) in [6, 6.07) is 8.92. The Morgan fingerprint density at radius 2 is 1.81 bits per heavy atom. The number of Topliss-reactive ketones (excluding diaryl/α,β-unsaturated/α-hetero) is 1. The molecule has 0 aromatic heterocycles. The maximum atomic E-state index is 13.6. The van der Waals surface area contributed by atoms with Crippen LogP contribution in [0.4, 0.5) is 19.3 Å². The molecule has 1 N–H and O–H groups in total. The summed E-state index contributed by atoms with van der Waals surface area (Å²) in [5.74, 6) is -1.27. The van der Waals surface area contributed by atoms with E-state index >= 15 is 0 Å². The summed E-state index contributed by atoms with van der Waals surface area (Å²) < 4.78 is 31.7. The highest BCUT2D eigenvalue weighted by atomic mass is 19.1. The van der Waals surface area contributed by atoms with E-state index in [1.54, 1.807) is 4.90 Å². The molecule has 1 aliphatic heterocycles. The monoisotopic (exact) mass is 374 g/mol. The highest BCUT2D eigenvalue weighted by Crippen LogP contribution is 2.27. The summed E-state index contributed by atoms with van der Waals surface area (Å²) in [7, 11) is 1.42. The zero-order valence-corrected chi connectivity index (χ0v) is 14.9. The Morgan fingerprint density at radius 3 is 2.52 bits per heavy atom. The Morgan fingerprint density at radius 1 is 1.11 bits per heavy atom. The number of halogens is 2. The second kappa shape index (κ2) is 8.16. The number of carbonyl (C=O) groups is 2. The van der Waals surface area contributed by atoms with Crippen molar-refractivity contribution in [3.8, 4) is 5.75 Å². The molecule has 0 radical (unpaired) electrons. The van der Waals surface area contributed by atoms with Gasteiger partial charge in [0.1, 0.15) is 17.4 Å². The molecule has 1 saturated heterocycles. The number of benzene rings is 2. The molecule has 0 spiro atoms. The van der Waals surface area contributed by atoms with Crippen LogP contribution in [0.1, 0.15) is 23.2 Å². The van der Waals surface area contributed by atoms with Crippen LogP contribution in [0, 0.1) is 17.6 Å². The summed E-state index contributed by atoms with van der Waals surface area (Å²) in [5, 5.41) is 2.69. The highest BCUT2D eigenvalue weighted by Gasteiger charge is 2.30. The summed E-state index contributed by atoms with van der Waals surface area (Å²) in [6.07, 6.45) is 1.27. The first-order valence-corrected chi connectivity index (χ1v) is 8.67. The fraction of sp³-hybridized carbons (Fsp3) is 0.300. The van der Waals surface area contributed by atoms with E-state index in [-0.39, 0.29) is 29.7 Å². The number of likely N-dealkylation sites (tertiary alicyclic amines) is 1. The Bertz CT molecular complexity index is 840.